The Morgan fingerprint density at radius 1 is 0.656 bits per heavy atom. The van der Waals surface area contributed by atoms with E-state index in [9.17, 15) is 10.1 Å². The minimum Gasteiger partial charge on any atom is -0.399 e. The Bertz CT molecular complexity index is 1260. The molecule has 4 aromatic carbocycles. The summed E-state index contributed by atoms with van der Waals surface area (Å²) in [6.07, 6.45) is 3.59. The first-order valence-electron chi connectivity index (χ1n) is 10.1. The first-order valence-corrected chi connectivity index (χ1v) is 10.1. The number of nitrogens with two attached hydrogens (primary N) is 1. The van der Waals surface area contributed by atoms with E-state index in [1.807, 2.05) is 66.7 Å². The summed E-state index contributed by atoms with van der Waals surface area (Å²) in [5, 5.41) is 10.7. The van der Waals surface area contributed by atoms with Gasteiger partial charge in [0.2, 0.25) is 0 Å². The van der Waals surface area contributed by atoms with Gasteiger partial charge in [0, 0.05) is 17.8 Å². The van der Waals surface area contributed by atoms with Gasteiger partial charge in [-0.25, -0.2) is 0 Å². The Hall–Kier alpha value is -4.44. The number of benzene rings is 4. The van der Waals surface area contributed by atoms with Crippen molar-refractivity contribution in [2.24, 2.45) is 0 Å². The fraction of sp³-hybridized carbons (Fsp3) is 0. The van der Waals surface area contributed by atoms with Crippen molar-refractivity contribution in [2.75, 3.05) is 5.73 Å². The highest BCUT2D eigenvalue weighted by Gasteiger charge is 2.06. The molecule has 4 rings (SSSR count). The molecule has 0 atom stereocenters. The fourth-order valence-electron chi connectivity index (χ4n) is 3.21. The number of hydrogen-bond acceptors (Lipinski definition) is 3. The van der Waals surface area contributed by atoms with E-state index in [0.29, 0.717) is 0 Å². The fourth-order valence-corrected chi connectivity index (χ4v) is 3.21. The van der Waals surface area contributed by atoms with Crippen LogP contribution in [0.5, 0.6) is 0 Å². The molecule has 0 amide bonds. The maximum absolute atomic E-state index is 10.7. The van der Waals surface area contributed by atoms with Crippen molar-refractivity contribution < 1.29 is 4.92 Å². The molecule has 0 saturated heterocycles. The second kappa shape index (κ2) is 10.5. The zero-order valence-corrected chi connectivity index (χ0v) is 17.6. The second-order valence-corrected chi connectivity index (χ2v) is 7.09. The summed E-state index contributed by atoms with van der Waals surface area (Å²) in [6, 6.07) is 30.4. The Morgan fingerprint density at radius 2 is 1.09 bits per heavy atom. The van der Waals surface area contributed by atoms with Crippen molar-refractivity contribution in [1.82, 2.24) is 0 Å². The van der Waals surface area contributed by atoms with E-state index < -0.39 is 0 Å². The molecule has 4 heteroatoms. The molecule has 0 unspecified atom stereocenters. The molecule has 4 nitrogen and oxygen atoms in total. The van der Waals surface area contributed by atoms with Gasteiger partial charge in [0.05, 0.1) is 4.92 Å². The molecule has 0 saturated carbocycles. The molecule has 0 bridgehead atoms. The van der Waals surface area contributed by atoms with Gasteiger partial charge >= 0.3 is 0 Å². The second-order valence-electron chi connectivity index (χ2n) is 7.09. The van der Waals surface area contributed by atoms with Crippen LogP contribution in [0.1, 0.15) is 11.1 Å². The Morgan fingerprint density at radius 3 is 1.56 bits per heavy atom. The van der Waals surface area contributed by atoms with E-state index >= 15 is 0 Å². The van der Waals surface area contributed by atoms with E-state index in [1.165, 1.54) is 11.6 Å². The lowest BCUT2D eigenvalue weighted by atomic mass is 10.0. The summed E-state index contributed by atoms with van der Waals surface area (Å²) in [6.45, 7) is 7.46. The molecular weight excluding hydrogens is 396 g/mol. The Kier molecular flexibility index (Phi) is 7.33. The maximum atomic E-state index is 10.7. The van der Waals surface area contributed by atoms with Gasteiger partial charge < -0.3 is 5.73 Å². The van der Waals surface area contributed by atoms with Gasteiger partial charge in [0.25, 0.3) is 5.69 Å². The van der Waals surface area contributed by atoms with E-state index in [-0.39, 0.29) is 10.6 Å². The van der Waals surface area contributed by atoms with Gasteiger partial charge in [-0.15, -0.1) is 0 Å². The number of non-ortho nitro benzene ring substituents is 1. The highest BCUT2D eigenvalue weighted by Crippen LogP contribution is 2.25. The first kappa shape index (κ1) is 22.2. The third kappa shape index (κ3) is 5.80. The number of nitro groups is 1. The molecule has 0 aliphatic heterocycles. The van der Waals surface area contributed by atoms with Crippen molar-refractivity contribution in [3.05, 3.63) is 131 Å². The molecule has 0 spiro atoms. The van der Waals surface area contributed by atoms with Crippen molar-refractivity contribution in [3.8, 4) is 22.3 Å². The predicted octanol–water partition coefficient (Wildman–Crippen LogP) is 7.48. The van der Waals surface area contributed by atoms with Gasteiger partial charge in [-0.1, -0.05) is 86.0 Å². The molecule has 0 aromatic heterocycles. The van der Waals surface area contributed by atoms with Crippen LogP contribution in [-0.2, 0) is 0 Å². The highest BCUT2D eigenvalue weighted by atomic mass is 16.6. The minimum atomic E-state index is -0.388. The van der Waals surface area contributed by atoms with Crippen LogP contribution in [0.15, 0.2) is 110 Å². The zero-order chi connectivity index (χ0) is 22.9. The lowest BCUT2D eigenvalue weighted by molar-refractivity contribution is -0.384. The quantitative estimate of drug-likeness (QED) is 0.207. The maximum Gasteiger partial charge on any atom is 0.270 e. The SMILES string of the molecule is C=Cc1cccc(-c2cccc(N)c2)c1.C=Cc1cccc(-c2cccc([N+](=O)[O-])c2)c1. The molecule has 0 fully saturated rings. The van der Waals surface area contributed by atoms with Gasteiger partial charge in [-0.05, 0) is 57.6 Å². The largest absolute Gasteiger partial charge is 0.399 e. The summed E-state index contributed by atoms with van der Waals surface area (Å²) in [4.78, 5) is 10.3. The van der Waals surface area contributed by atoms with Gasteiger partial charge in [0.15, 0.2) is 0 Å². The summed E-state index contributed by atoms with van der Waals surface area (Å²) in [5.74, 6) is 0. The van der Waals surface area contributed by atoms with Gasteiger partial charge in [0.1, 0.15) is 0 Å². The lowest BCUT2D eigenvalue weighted by Crippen LogP contribution is -1.88. The standard InChI is InChI=1S/C14H11NO2.C14H13N/c1-2-11-5-3-6-12(9-11)13-7-4-8-14(10-13)15(16)17;1-2-11-5-3-6-12(9-11)13-7-4-8-14(15)10-13/h2-10H,1H2;2-10H,1,15H2. The van der Waals surface area contributed by atoms with Crippen LogP contribution < -0.4 is 5.73 Å². The Labute approximate surface area is 188 Å². The molecule has 158 valence electrons. The van der Waals surface area contributed by atoms with Crippen LogP contribution in [0.4, 0.5) is 11.4 Å². The molecule has 0 radical (unpaired) electrons. The third-order valence-electron chi connectivity index (χ3n) is 4.85. The zero-order valence-electron chi connectivity index (χ0n) is 17.6. The monoisotopic (exact) mass is 420 g/mol. The van der Waals surface area contributed by atoms with Crippen LogP contribution in [0, 0.1) is 10.1 Å². The predicted molar refractivity (Wildman–Crippen MR) is 135 cm³/mol. The summed E-state index contributed by atoms with van der Waals surface area (Å²) >= 11 is 0. The first-order chi connectivity index (χ1) is 15.5. The van der Waals surface area contributed by atoms with E-state index in [4.69, 9.17) is 5.73 Å². The molecule has 32 heavy (non-hydrogen) atoms. The minimum absolute atomic E-state index is 0.103. The van der Waals surface area contributed by atoms with Gasteiger partial charge in [-0.3, -0.25) is 10.1 Å². The third-order valence-corrected chi connectivity index (χ3v) is 4.85. The highest BCUT2D eigenvalue weighted by molar-refractivity contribution is 5.70. The number of nitrogens with zero attached hydrogens (tertiary/aromatic N) is 1. The van der Waals surface area contributed by atoms with Crippen LogP contribution in [0.3, 0.4) is 0 Å². The molecule has 0 heterocycles. The summed E-state index contributed by atoms with van der Waals surface area (Å²) in [7, 11) is 0. The molecule has 4 aromatic rings. The number of anilines is 1. The summed E-state index contributed by atoms with van der Waals surface area (Å²) in [5.41, 5.74) is 12.8. The van der Waals surface area contributed by atoms with Crippen LogP contribution in [0.2, 0.25) is 0 Å². The average molecular weight is 421 g/mol. The Balaban J connectivity index is 0.000000182. The van der Waals surface area contributed by atoms with E-state index in [0.717, 1.165) is 33.5 Å². The average Bonchev–Trinajstić information content (AvgIpc) is 2.84. The summed E-state index contributed by atoms with van der Waals surface area (Å²) < 4.78 is 0. The molecule has 2 N–H and O–H groups in total. The lowest BCUT2D eigenvalue weighted by Gasteiger charge is -2.03. The van der Waals surface area contributed by atoms with E-state index in [2.05, 4.69) is 31.4 Å². The molecular formula is C28H24N2O2. The van der Waals surface area contributed by atoms with Crippen molar-refractivity contribution in [3.63, 3.8) is 0 Å². The van der Waals surface area contributed by atoms with Crippen molar-refractivity contribution >= 4 is 23.5 Å². The molecule has 0 aliphatic rings. The number of rotatable bonds is 5. The molecule has 0 aliphatic carbocycles. The normalized spacial score (nSPS) is 9.88. The van der Waals surface area contributed by atoms with Crippen molar-refractivity contribution in [1.29, 1.82) is 0 Å². The van der Waals surface area contributed by atoms with Crippen LogP contribution in [-0.4, -0.2) is 4.92 Å². The number of hydrogen-bond donors (Lipinski definition) is 1. The number of nitro benzene ring substituents is 1. The topological polar surface area (TPSA) is 69.2 Å². The van der Waals surface area contributed by atoms with Crippen LogP contribution >= 0.6 is 0 Å². The smallest absolute Gasteiger partial charge is 0.270 e. The van der Waals surface area contributed by atoms with E-state index in [1.54, 1.807) is 18.2 Å². The van der Waals surface area contributed by atoms with Crippen LogP contribution in [0.25, 0.3) is 34.4 Å². The number of nitrogen functional groups attached to an aromatic ring is 1. The van der Waals surface area contributed by atoms with Crippen molar-refractivity contribution in [2.45, 2.75) is 0 Å². The van der Waals surface area contributed by atoms with Gasteiger partial charge in [-0.2, -0.15) is 0 Å².